The number of ketones is 1. The van der Waals surface area contributed by atoms with Crippen LogP contribution in [0.2, 0.25) is 0 Å². The number of Topliss-reactive ketones (excluding diaryl/α,β-unsaturated/α-hetero) is 1. The summed E-state index contributed by atoms with van der Waals surface area (Å²) >= 11 is 0. The molecule has 0 bridgehead atoms. The molecule has 0 aliphatic rings. The highest BCUT2D eigenvalue weighted by Crippen LogP contribution is 2.12. The predicted molar refractivity (Wildman–Crippen MR) is 79.8 cm³/mol. The molecular weight excluding hydrogens is 222 g/mol. The minimum absolute atomic E-state index is 0.210. The third-order valence-electron chi connectivity index (χ3n) is 3.54. The Bertz CT molecular complexity index is 180. The zero-order chi connectivity index (χ0) is 13.5. The van der Waals surface area contributed by atoms with E-state index in [1.807, 2.05) is 0 Å². The molecule has 2 heteroatoms. The summed E-state index contributed by atoms with van der Waals surface area (Å²) in [5, 5.41) is 0. The summed E-state index contributed by atoms with van der Waals surface area (Å²) in [6.07, 6.45) is 16.7. The monoisotopic (exact) mass is 255 g/mol. The lowest BCUT2D eigenvalue weighted by atomic mass is 10.0. The normalized spacial score (nSPS) is 10.8. The second-order valence-electron chi connectivity index (χ2n) is 5.38. The number of unbranched alkanes of at least 4 members (excludes halogenated alkanes) is 11. The van der Waals surface area contributed by atoms with Gasteiger partial charge in [-0.15, -0.1) is 0 Å². The van der Waals surface area contributed by atoms with E-state index in [-0.39, 0.29) is 12.3 Å². The van der Waals surface area contributed by atoms with Gasteiger partial charge in [-0.2, -0.15) is 0 Å². The van der Waals surface area contributed by atoms with Crippen LogP contribution in [0.5, 0.6) is 0 Å². The SMILES string of the molecule is CCCCCCCCCCCCCCC(=O)CN. The molecule has 0 atom stereocenters. The fourth-order valence-electron chi connectivity index (χ4n) is 2.27. The summed E-state index contributed by atoms with van der Waals surface area (Å²) < 4.78 is 0. The zero-order valence-electron chi connectivity index (χ0n) is 12.4. The van der Waals surface area contributed by atoms with Crippen molar-refractivity contribution in [1.82, 2.24) is 0 Å². The van der Waals surface area contributed by atoms with Crippen molar-refractivity contribution in [3.63, 3.8) is 0 Å². The number of nitrogens with two attached hydrogens (primary N) is 1. The van der Waals surface area contributed by atoms with E-state index in [9.17, 15) is 4.79 Å². The Morgan fingerprint density at radius 1 is 0.722 bits per heavy atom. The average molecular weight is 255 g/mol. The Balaban J connectivity index is 2.97. The van der Waals surface area contributed by atoms with E-state index in [1.165, 1.54) is 70.6 Å². The number of rotatable bonds is 14. The van der Waals surface area contributed by atoms with Gasteiger partial charge >= 0.3 is 0 Å². The molecule has 0 aromatic heterocycles. The van der Waals surface area contributed by atoms with Crippen LogP contribution in [0.4, 0.5) is 0 Å². The Labute approximate surface area is 114 Å². The van der Waals surface area contributed by atoms with Crippen molar-refractivity contribution in [1.29, 1.82) is 0 Å². The minimum Gasteiger partial charge on any atom is -0.324 e. The Hall–Kier alpha value is -0.370. The molecule has 2 nitrogen and oxygen atoms in total. The first kappa shape index (κ1) is 17.6. The molecule has 0 heterocycles. The Morgan fingerprint density at radius 3 is 1.50 bits per heavy atom. The quantitative estimate of drug-likeness (QED) is 0.461. The number of carbonyl (C=O) groups excluding carboxylic acids is 1. The van der Waals surface area contributed by atoms with Crippen LogP contribution in [-0.2, 0) is 4.79 Å². The molecule has 2 N–H and O–H groups in total. The topological polar surface area (TPSA) is 43.1 Å². The number of hydrogen-bond donors (Lipinski definition) is 1. The molecular formula is C16H33NO. The van der Waals surface area contributed by atoms with Crippen LogP contribution in [0.25, 0.3) is 0 Å². The lowest BCUT2D eigenvalue weighted by molar-refractivity contribution is -0.117. The summed E-state index contributed by atoms with van der Waals surface area (Å²) in [5.41, 5.74) is 5.26. The van der Waals surface area contributed by atoms with Crippen LogP contribution >= 0.6 is 0 Å². The molecule has 0 aromatic rings. The van der Waals surface area contributed by atoms with Crippen molar-refractivity contribution in [2.75, 3.05) is 6.54 Å². The van der Waals surface area contributed by atoms with Crippen molar-refractivity contribution < 1.29 is 4.79 Å². The van der Waals surface area contributed by atoms with Gasteiger partial charge in [0.15, 0.2) is 0 Å². The lowest BCUT2D eigenvalue weighted by Crippen LogP contribution is -2.12. The number of hydrogen-bond acceptors (Lipinski definition) is 2. The van der Waals surface area contributed by atoms with Crippen LogP contribution in [0.3, 0.4) is 0 Å². The van der Waals surface area contributed by atoms with Gasteiger partial charge in [0, 0.05) is 6.42 Å². The molecule has 0 rings (SSSR count). The van der Waals surface area contributed by atoms with Crippen LogP contribution in [0.15, 0.2) is 0 Å². The van der Waals surface area contributed by atoms with Gasteiger partial charge in [0.1, 0.15) is 5.78 Å². The summed E-state index contributed by atoms with van der Waals surface area (Å²) in [4.78, 5) is 11.0. The van der Waals surface area contributed by atoms with Crippen LogP contribution in [0.1, 0.15) is 90.4 Å². The molecule has 0 saturated carbocycles. The van der Waals surface area contributed by atoms with E-state index in [1.54, 1.807) is 0 Å². The van der Waals surface area contributed by atoms with Crippen molar-refractivity contribution in [2.24, 2.45) is 5.73 Å². The van der Waals surface area contributed by atoms with Crippen LogP contribution < -0.4 is 5.73 Å². The van der Waals surface area contributed by atoms with E-state index in [0.717, 1.165) is 6.42 Å². The molecule has 18 heavy (non-hydrogen) atoms. The average Bonchev–Trinajstić information content (AvgIpc) is 2.39. The second kappa shape index (κ2) is 14.7. The first-order chi connectivity index (χ1) is 8.81. The van der Waals surface area contributed by atoms with Crippen molar-refractivity contribution >= 4 is 5.78 Å². The Morgan fingerprint density at radius 2 is 1.11 bits per heavy atom. The van der Waals surface area contributed by atoms with Gasteiger partial charge in [-0.25, -0.2) is 0 Å². The third-order valence-corrected chi connectivity index (χ3v) is 3.54. The fraction of sp³-hybridized carbons (Fsp3) is 0.938. The minimum atomic E-state index is 0.210. The van der Waals surface area contributed by atoms with Crippen molar-refractivity contribution in [3.05, 3.63) is 0 Å². The molecule has 0 amide bonds. The largest absolute Gasteiger partial charge is 0.324 e. The molecule has 0 spiro atoms. The van der Waals surface area contributed by atoms with Gasteiger partial charge < -0.3 is 5.73 Å². The molecule has 0 fully saturated rings. The zero-order valence-corrected chi connectivity index (χ0v) is 12.4. The van der Waals surface area contributed by atoms with Gasteiger partial charge in [0.05, 0.1) is 6.54 Å². The first-order valence-electron chi connectivity index (χ1n) is 8.03. The first-order valence-corrected chi connectivity index (χ1v) is 8.03. The molecule has 0 unspecified atom stereocenters. The van der Waals surface area contributed by atoms with E-state index in [4.69, 9.17) is 5.73 Å². The van der Waals surface area contributed by atoms with Gasteiger partial charge in [0.25, 0.3) is 0 Å². The molecule has 0 aliphatic carbocycles. The fourth-order valence-corrected chi connectivity index (χ4v) is 2.27. The van der Waals surface area contributed by atoms with E-state index < -0.39 is 0 Å². The predicted octanol–water partition coefficient (Wildman–Crippen LogP) is 4.61. The van der Waals surface area contributed by atoms with E-state index in [2.05, 4.69) is 6.92 Å². The van der Waals surface area contributed by atoms with Crippen molar-refractivity contribution in [2.45, 2.75) is 90.4 Å². The highest BCUT2D eigenvalue weighted by molar-refractivity contribution is 5.80. The highest BCUT2D eigenvalue weighted by Gasteiger charge is 1.98. The second-order valence-corrected chi connectivity index (χ2v) is 5.38. The van der Waals surface area contributed by atoms with Gasteiger partial charge in [-0.05, 0) is 6.42 Å². The maximum atomic E-state index is 11.0. The number of carbonyl (C=O) groups is 1. The molecule has 0 radical (unpaired) electrons. The molecule has 0 aliphatic heterocycles. The summed E-state index contributed by atoms with van der Waals surface area (Å²) in [6.45, 7) is 2.49. The highest BCUT2D eigenvalue weighted by atomic mass is 16.1. The van der Waals surface area contributed by atoms with Crippen LogP contribution in [0, 0.1) is 0 Å². The Kier molecular flexibility index (Phi) is 14.4. The van der Waals surface area contributed by atoms with Crippen molar-refractivity contribution in [3.8, 4) is 0 Å². The standard InChI is InChI=1S/C16H33NO/c1-2-3-4-5-6-7-8-9-10-11-12-13-14-16(18)15-17/h2-15,17H2,1H3. The lowest BCUT2D eigenvalue weighted by Gasteiger charge is -2.02. The molecule has 0 saturated heterocycles. The van der Waals surface area contributed by atoms with Gasteiger partial charge in [-0.1, -0.05) is 77.6 Å². The maximum Gasteiger partial charge on any atom is 0.146 e. The van der Waals surface area contributed by atoms with Gasteiger partial charge in [-0.3, -0.25) is 4.79 Å². The smallest absolute Gasteiger partial charge is 0.146 e. The maximum absolute atomic E-state index is 11.0. The summed E-state index contributed by atoms with van der Waals surface area (Å²) in [7, 11) is 0. The summed E-state index contributed by atoms with van der Waals surface area (Å²) in [5.74, 6) is 0.210. The van der Waals surface area contributed by atoms with Gasteiger partial charge in [0.2, 0.25) is 0 Å². The van der Waals surface area contributed by atoms with Crippen LogP contribution in [-0.4, -0.2) is 12.3 Å². The van der Waals surface area contributed by atoms with E-state index in [0.29, 0.717) is 6.42 Å². The molecule has 0 aromatic carbocycles. The van der Waals surface area contributed by atoms with E-state index >= 15 is 0 Å². The third kappa shape index (κ3) is 13.7. The summed E-state index contributed by atoms with van der Waals surface area (Å²) in [6, 6.07) is 0. The molecule has 108 valence electrons.